The van der Waals surface area contributed by atoms with Crippen molar-refractivity contribution in [2.75, 3.05) is 6.61 Å². The summed E-state index contributed by atoms with van der Waals surface area (Å²) in [5.74, 6) is 0.833. The standard InChI is InChI=1S/C16H19NO2/c1-3-8-19-15-6-4-13(5-7-15)16(18)14-9-12(2)10-17-11-14/h4-7,9-11,16,18H,3,8H2,1-2H3. The van der Waals surface area contributed by atoms with Crippen LogP contribution in [0.2, 0.25) is 0 Å². The smallest absolute Gasteiger partial charge is 0.119 e. The lowest BCUT2D eigenvalue weighted by Gasteiger charge is -2.12. The van der Waals surface area contributed by atoms with Crippen molar-refractivity contribution in [2.45, 2.75) is 26.4 Å². The van der Waals surface area contributed by atoms with Crippen LogP contribution in [0.4, 0.5) is 0 Å². The van der Waals surface area contributed by atoms with E-state index in [0.29, 0.717) is 6.61 Å². The maximum absolute atomic E-state index is 10.3. The molecule has 3 nitrogen and oxygen atoms in total. The molecule has 0 radical (unpaired) electrons. The Morgan fingerprint density at radius 1 is 1.16 bits per heavy atom. The number of pyridine rings is 1. The minimum absolute atomic E-state index is 0.646. The monoisotopic (exact) mass is 257 g/mol. The van der Waals surface area contributed by atoms with Gasteiger partial charge >= 0.3 is 0 Å². The first kappa shape index (κ1) is 13.6. The van der Waals surface area contributed by atoms with E-state index in [0.717, 1.165) is 28.9 Å². The van der Waals surface area contributed by atoms with Gasteiger partial charge in [-0.05, 0) is 36.6 Å². The zero-order valence-corrected chi connectivity index (χ0v) is 11.3. The maximum atomic E-state index is 10.3. The Morgan fingerprint density at radius 2 is 1.89 bits per heavy atom. The van der Waals surface area contributed by atoms with Gasteiger partial charge in [-0.3, -0.25) is 4.98 Å². The summed E-state index contributed by atoms with van der Waals surface area (Å²) in [5, 5.41) is 10.3. The van der Waals surface area contributed by atoms with Crippen LogP contribution < -0.4 is 4.74 Å². The Hall–Kier alpha value is -1.87. The molecule has 0 saturated carbocycles. The average molecular weight is 257 g/mol. The van der Waals surface area contributed by atoms with E-state index >= 15 is 0 Å². The summed E-state index contributed by atoms with van der Waals surface area (Å²) < 4.78 is 5.52. The van der Waals surface area contributed by atoms with E-state index in [1.165, 1.54) is 0 Å². The molecule has 0 saturated heterocycles. The second kappa shape index (κ2) is 6.34. The van der Waals surface area contributed by atoms with Gasteiger partial charge in [-0.15, -0.1) is 0 Å². The first-order valence-electron chi connectivity index (χ1n) is 6.53. The summed E-state index contributed by atoms with van der Waals surface area (Å²) in [6.07, 6.45) is 3.81. The van der Waals surface area contributed by atoms with E-state index < -0.39 is 6.10 Å². The second-order valence-electron chi connectivity index (χ2n) is 4.62. The lowest BCUT2D eigenvalue weighted by Crippen LogP contribution is -2.01. The summed E-state index contributed by atoms with van der Waals surface area (Å²) in [6.45, 7) is 4.75. The van der Waals surface area contributed by atoms with Crippen LogP contribution in [0.25, 0.3) is 0 Å². The Balaban J connectivity index is 2.13. The predicted molar refractivity (Wildman–Crippen MR) is 75.3 cm³/mol. The molecule has 1 aromatic carbocycles. The second-order valence-corrected chi connectivity index (χ2v) is 4.62. The van der Waals surface area contributed by atoms with Crippen LogP contribution in [0.5, 0.6) is 5.75 Å². The molecule has 1 heterocycles. The number of rotatable bonds is 5. The molecule has 2 rings (SSSR count). The van der Waals surface area contributed by atoms with Gasteiger partial charge in [-0.25, -0.2) is 0 Å². The van der Waals surface area contributed by atoms with Crippen molar-refractivity contribution in [1.82, 2.24) is 4.98 Å². The van der Waals surface area contributed by atoms with Gasteiger partial charge in [0.05, 0.1) is 6.61 Å². The lowest BCUT2D eigenvalue weighted by molar-refractivity contribution is 0.219. The van der Waals surface area contributed by atoms with Gasteiger partial charge in [-0.2, -0.15) is 0 Å². The maximum Gasteiger partial charge on any atom is 0.119 e. The van der Waals surface area contributed by atoms with Crippen molar-refractivity contribution < 1.29 is 9.84 Å². The molecule has 0 spiro atoms. The highest BCUT2D eigenvalue weighted by Crippen LogP contribution is 2.24. The molecule has 0 aliphatic carbocycles. The highest BCUT2D eigenvalue weighted by molar-refractivity contribution is 5.34. The summed E-state index contributed by atoms with van der Waals surface area (Å²) in [5.41, 5.74) is 2.69. The molecular weight excluding hydrogens is 238 g/mol. The molecule has 0 fully saturated rings. The Kier molecular flexibility index (Phi) is 4.53. The van der Waals surface area contributed by atoms with Gasteiger partial charge < -0.3 is 9.84 Å². The van der Waals surface area contributed by atoms with Crippen LogP contribution in [0.1, 0.15) is 36.1 Å². The normalized spacial score (nSPS) is 12.2. The number of aryl methyl sites for hydroxylation is 1. The number of ether oxygens (including phenoxy) is 1. The molecule has 100 valence electrons. The van der Waals surface area contributed by atoms with Crippen molar-refractivity contribution in [3.63, 3.8) is 0 Å². The number of aliphatic hydroxyl groups excluding tert-OH is 1. The van der Waals surface area contributed by atoms with Gasteiger partial charge in [0, 0.05) is 18.0 Å². The largest absolute Gasteiger partial charge is 0.494 e. The van der Waals surface area contributed by atoms with E-state index in [2.05, 4.69) is 11.9 Å². The first-order chi connectivity index (χ1) is 9.20. The summed E-state index contributed by atoms with van der Waals surface area (Å²) >= 11 is 0. The Morgan fingerprint density at radius 3 is 2.53 bits per heavy atom. The number of hydrogen-bond donors (Lipinski definition) is 1. The third kappa shape index (κ3) is 3.55. The van der Waals surface area contributed by atoms with E-state index in [9.17, 15) is 5.11 Å². The number of aliphatic hydroxyl groups is 1. The van der Waals surface area contributed by atoms with E-state index in [4.69, 9.17) is 4.74 Å². The molecular formula is C16H19NO2. The molecule has 1 unspecified atom stereocenters. The summed E-state index contributed by atoms with van der Waals surface area (Å²) in [4.78, 5) is 4.10. The third-order valence-electron chi connectivity index (χ3n) is 2.88. The molecule has 1 N–H and O–H groups in total. The van der Waals surface area contributed by atoms with Gasteiger partial charge in [0.15, 0.2) is 0 Å². The van der Waals surface area contributed by atoms with Crippen molar-refractivity contribution >= 4 is 0 Å². The van der Waals surface area contributed by atoms with Crippen LogP contribution in [-0.4, -0.2) is 16.7 Å². The van der Waals surface area contributed by atoms with Crippen LogP contribution in [0.15, 0.2) is 42.7 Å². The number of nitrogens with zero attached hydrogens (tertiary/aromatic N) is 1. The van der Waals surface area contributed by atoms with Gasteiger partial charge in [0.1, 0.15) is 11.9 Å². The molecule has 1 aromatic heterocycles. The minimum Gasteiger partial charge on any atom is -0.494 e. The van der Waals surface area contributed by atoms with Crippen molar-refractivity contribution in [1.29, 1.82) is 0 Å². The first-order valence-corrected chi connectivity index (χ1v) is 6.53. The van der Waals surface area contributed by atoms with Crippen molar-refractivity contribution in [3.8, 4) is 5.75 Å². The zero-order chi connectivity index (χ0) is 13.7. The number of aromatic nitrogens is 1. The number of benzene rings is 1. The average Bonchev–Trinajstić information content (AvgIpc) is 2.45. The fraction of sp³-hybridized carbons (Fsp3) is 0.312. The van der Waals surface area contributed by atoms with E-state index in [-0.39, 0.29) is 0 Å². The van der Waals surface area contributed by atoms with Gasteiger partial charge in [0.25, 0.3) is 0 Å². The van der Waals surface area contributed by atoms with E-state index in [1.807, 2.05) is 37.3 Å². The molecule has 0 bridgehead atoms. The topological polar surface area (TPSA) is 42.4 Å². The highest BCUT2D eigenvalue weighted by Gasteiger charge is 2.10. The predicted octanol–water partition coefficient (Wildman–Crippen LogP) is 3.26. The molecule has 19 heavy (non-hydrogen) atoms. The molecule has 2 aromatic rings. The fourth-order valence-electron chi connectivity index (χ4n) is 1.89. The highest BCUT2D eigenvalue weighted by atomic mass is 16.5. The van der Waals surface area contributed by atoms with Crippen molar-refractivity contribution in [3.05, 3.63) is 59.4 Å². The lowest BCUT2D eigenvalue weighted by atomic mass is 10.0. The van der Waals surface area contributed by atoms with Crippen LogP contribution in [0.3, 0.4) is 0 Å². The van der Waals surface area contributed by atoms with Gasteiger partial charge in [0.2, 0.25) is 0 Å². The van der Waals surface area contributed by atoms with Crippen molar-refractivity contribution in [2.24, 2.45) is 0 Å². The number of hydrogen-bond acceptors (Lipinski definition) is 3. The van der Waals surface area contributed by atoms with Crippen LogP contribution >= 0.6 is 0 Å². The minimum atomic E-state index is -0.646. The molecule has 0 amide bonds. The van der Waals surface area contributed by atoms with Gasteiger partial charge in [-0.1, -0.05) is 25.1 Å². The SMILES string of the molecule is CCCOc1ccc(C(O)c2cncc(C)c2)cc1. The Labute approximate surface area is 113 Å². The quantitative estimate of drug-likeness (QED) is 0.894. The molecule has 1 atom stereocenters. The summed E-state index contributed by atoms with van der Waals surface area (Å²) in [6, 6.07) is 9.49. The fourth-order valence-corrected chi connectivity index (χ4v) is 1.89. The molecule has 0 aliphatic heterocycles. The Bertz CT molecular complexity index is 523. The molecule has 3 heteroatoms. The third-order valence-corrected chi connectivity index (χ3v) is 2.88. The molecule has 0 aliphatic rings. The zero-order valence-electron chi connectivity index (χ0n) is 11.3. The van der Waals surface area contributed by atoms with Crippen LogP contribution in [-0.2, 0) is 0 Å². The van der Waals surface area contributed by atoms with Crippen LogP contribution in [0, 0.1) is 6.92 Å². The summed E-state index contributed by atoms with van der Waals surface area (Å²) in [7, 11) is 0. The van der Waals surface area contributed by atoms with E-state index in [1.54, 1.807) is 12.4 Å².